The summed E-state index contributed by atoms with van der Waals surface area (Å²) in [6.45, 7) is 0. The summed E-state index contributed by atoms with van der Waals surface area (Å²) in [6, 6.07) is 8.59. The summed E-state index contributed by atoms with van der Waals surface area (Å²) in [4.78, 5) is 22.9. The van der Waals surface area contributed by atoms with Gasteiger partial charge in [0.2, 0.25) is 0 Å². The van der Waals surface area contributed by atoms with Crippen LogP contribution in [0, 0.1) is 10.1 Å². The van der Waals surface area contributed by atoms with Crippen molar-refractivity contribution in [3.8, 4) is 11.5 Å². The molecule has 0 aliphatic rings. The van der Waals surface area contributed by atoms with Gasteiger partial charge >= 0.3 is 0 Å². The van der Waals surface area contributed by atoms with Crippen molar-refractivity contribution in [2.45, 2.75) is 0 Å². The molecule has 0 saturated carbocycles. The summed E-state index contributed by atoms with van der Waals surface area (Å²) in [5.41, 5.74) is -0.150. The zero-order valence-electron chi connectivity index (χ0n) is 12.3. The lowest BCUT2D eigenvalue weighted by molar-refractivity contribution is -0.385. The molecule has 0 aromatic heterocycles. The number of nitro benzene ring substituents is 1. The molecule has 0 aliphatic carbocycles. The van der Waals surface area contributed by atoms with Crippen molar-refractivity contribution in [3.05, 3.63) is 57.1 Å². The van der Waals surface area contributed by atoms with Crippen molar-refractivity contribution in [3.63, 3.8) is 0 Å². The number of rotatable bonds is 5. The summed E-state index contributed by atoms with van der Waals surface area (Å²) in [5.74, 6) is 0.0447. The molecule has 23 heavy (non-hydrogen) atoms. The fourth-order valence-electron chi connectivity index (χ4n) is 1.95. The van der Waals surface area contributed by atoms with Gasteiger partial charge < -0.3 is 14.8 Å². The first-order valence-corrected chi connectivity index (χ1v) is 6.81. The predicted molar refractivity (Wildman–Crippen MR) is 85.6 cm³/mol. The number of anilines is 1. The van der Waals surface area contributed by atoms with E-state index in [0.29, 0.717) is 22.2 Å². The van der Waals surface area contributed by atoms with E-state index in [1.165, 1.54) is 38.5 Å². The summed E-state index contributed by atoms with van der Waals surface area (Å²) in [5, 5.41) is 14.0. The monoisotopic (exact) mass is 336 g/mol. The normalized spacial score (nSPS) is 10.0. The van der Waals surface area contributed by atoms with Crippen LogP contribution in [0.2, 0.25) is 5.02 Å². The van der Waals surface area contributed by atoms with E-state index in [4.69, 9.17) is 21.1 Å². The Kier molecular flexibility index (Phi) is 5.02. The van der Waals surface area contributed by atoms with E-state index >= 15 is 0 Å². The van der Waals surface area contributed by atoms with Gasteiger partial charge in [0.1, 0.15) is 17.1 Å². The fraction of sp³-hybridized carbons (Fsp3) is 0.133. The van der Waals surface area contributed by atoms with Crippen LogP contribution in [0.5, 0.6) is 11.5 Å². The number of carbonyl (C=O) groups excluding carboxylic acids is 1. The summed E-state index contributed by atoms with van der Waals surface area (Å²) in [7, 11) is 2.84. The zero-order chi connectivity index (χ0) is 17.0. The minimum atomic E-state index is -0.670. The molecule has 0 atom stereocenters. The Hall–Kier alpha value is -2.80. The van der Waals surface area contributed by atoms with Gasteiger partial charge in [-0.2, -0.15) is 0 Å². The SMILES string of the molecule is COc1ccc([N+](=O)[O-])c(C(=O)Nc2cc(Cl)ccc2OC)c1. The lowest BCUT2D eigenvalue weighted by Gasteiger charge is -2.11. The second-order valence-corrected chi connectivity index (χ2v) is 4.88. The third-order valence-electron chi connectivity index (χ3n) is 3.05. The van der Waals surface area contributed by atoms with Crippen molar-refractivity contribution in [2.24, 2.45) is 0 Å². The second-order valence-electron chi connectivity index (χ2n) is 4.44. The number of carbonyl (C=O) groups is 1. The number of methoxy groups -OCH3 is 2. The van der Waals surface area contributed by atoms with Gasteiger partial charge in [-0.15, -0.1) is 0 Å². The Bertz CT molecular complexity index is 764. The van der Waals surface area contributed by atoms with Crippen LogP contribution in [0.4, 0.5) is 11.4 Å². The number of hydrogen-bond donors (Lipinski definition) is 1. The highest BCUT2D eigenvalue weighted by molar-refractivity contribution is 6.31. The van der Waals surface area contributed by atoms with E-state index in [-0.39, 0.29) is 11.3 Å². The van der Waals surface area contributed by atoms with Crippen LogP contribution in [0.25, 0.3) is 0 Å². The van der Waals surface area contributed by atoms with E-state index in [9.17, 15) is 14.9 Å². The average molecular weight is 337 g/mol. The summed E-state index contributed by atoms with van der Waals surface area (Å²) in [6.07, 6.45) is 0. The standard InChI is InChI=1S/C15H13ClN2O5/c1-22-10-4-5-13(18(20)21)11(8-10)15(19)17-12-7-9(16)3-6-14(12)23-2/h3-8H,1-2H3,(H,17,19). The summed E-state index contributed by atoms with van der Waals surface area (Å²) < 4.78 is 10.1. The molecule has 0 fully saturated rings. The van der Waals surface area contributed by atoms with Crippen LogP contribution in [-0.2, 0) is 0 Å². The van der Waals surface area contributed by atoms with Gasteiger partial charge in [-0.05, 0) is 30.3 Å². The lowest BCUT2D eigenvalue weighted by atomic mass is 10.1. The van der Waals surface area contributed by atoms with Gasteiger partial charge in [0, 0.05) is 11.1 Å². The lowest BCUT2D eigenvalue weighted by Crippen LogP contribution is -2.14. The van der Waals surface area contributed by atoms with Crippen molar-refractivity contribution in [1.82, 2.24) is 0 Å². The highest BCUT2D eigenvalue weighted by atomic mass is 35.5. The molecule has 0 unspecified atom stereocenters. The third kappa shape index (κ3) is 3.70. The quantitative estimate of drug-likeness (QED) is 0.666. The van der Waals surface area contributed by atoms with Gasteiger partial charge in [-0.3, -0.25) is 14.9 Å². The largest absolute Gasteiger partial charge is 0.497 e. The molecule has 2 rings (SSSR count). The molecule has 2 aromatic carbocycles. The van der Waals surface area contributed by atoms with Gasteiger partial charge in [0.05, 0.1) is 24.8 Å². The number of amides is 1. The molecule has 0 bridgehead atoms. The maximum Gasteiger partial charge on any atom is 0.282 e. The molecule has 120 valence electrons. The van der Waals surface area contributed by atoms with E-state index in [1.54, 1.807) is 12.1 Å². The molecule has 1 N–H and O–H groups in total. The molecule has 0 aliphatic heterocycles. The van der Waals surface area contributed by atoms with E-state index < -0.39 is 10.8 Å². The maximum atomic E-state index is 12.4. The molecular formula is C15H13ClN2O5. The van der Waals surface area contributed by atoms with Gasteiger partial charge in [-0.1, -0.05) is 11.6 Å². The van der Waals surface area contributed by atoms with Crippen LogP contribution >= 0.6 is 11.6 Å². The summed E-state index contributed by atoms with van der Waals surface area (Å²) >= 11 is 5.90. The van der Waals surface area contributed by atoms with E-state index in [0.717, 1.165) is 0 Å². The zero-order valence-corrected chi connectivity index (χ0v) is 13.1. The number of benzene rings is 2. The molecule has 1 amide bonds. The molecule has 0 heterocycles. The number of nitro groups is 1. The second kappa shape index (κ2) is 6.97. The van der Waals surface area contributed by atoms with Crippen molar-refractivity contribution < 1.29 is 19.2 Å². The topological polar surface area (TPSA) is 90.7 Å². The van der Waals surface area contributed by atoms with E-state index in [1.807, 2.05) is 0 Å². The van der Waals surface area contributed by atoms with Crippen LogP contribution in [0.15, 0.2) is 36.4 Å². The third-order valence-corrected chi connectivity index (χ3v) is 3.29. The molecule has 7 nitrogen and oxygen atoms in total. The van der Waals surface area contributed by atoms with E-state index in [2.05, 4.69) is 5.32 Å². The highest BCUT2D eigenvalue weighted by Gasteiger charge is 2.22. The van der Waals surface area contributed by atoms with Crippen LogP contribution in [0.3, 0.4) is 0 Å². The van der Waals surface area contributed by atoms with Crippen molar-refractivity contribution in [2.75, 3.05) is 19.5 Å². The first kappa shape index (κ1) is 16.6. The van der Waals surface area contributed by atoms with Crippen molar-refractivity contribution >= 4 is 28.9 Å². The number of nitrogens with zero attached hydrogens (tertiary/aromatic N) is 1. The Morgan fingerprint density at radius 2 is 1.91 bits per heavy atom. The molecule has 0 saturated heterocycles. The Labute approximate surface area is 136 Å². The highest BCUT2D eigenvalue weighted by Crippen LogP contribution is 2.30. The number of ether oxygens (including phenoxy) is 2. The molecule has 8 heteroatoms. The molecule has 2 aromatic rings. The number of halogens is 1. The van der Waals surface area contributed by atoms with Gasteiger partial charge in [-0.25, -0.2) is 0 Å². The molecule has 0 radical (unpaired) electrons. The molecular weight excluding hydrogens is 324 g/mol. The smallest absolute Gasteiger partial charge is 0.282 e. The van der Waals surface area contributed by atoms with Crippen LogP contribution in [-0.4, -0.2) is 25.1 Å². The number of nitrogens with one attached hydrogen (secondary N) is 1. The Morgan fingerprint density at radius 1 is 1.17 bits per heavy atom. The maximum absolute atomic E-state index is 12.4. The number of hydrogen-bond acceptors (Lipinski definition) is 5. The molecule has 0 spiro atoms. The Balaban J connectivity index is 2.41. The minimum absolute atomic E-state index is 0.128. The Morgan fingerprint density at radius 3 is 2.52 bits per heavy atom. The van der Waals surface area contributed by atoms with Crippen LogP contribution < -0.4 is 14.8 Å². The first-order valence-electron chi connectivity index (χ1n) is 6.43. The average Bonchev–Trinajstić information content (AvgIpc) is 2.54. The van der Waals surface area contributed by atoms with Gasteiger partial charge in [0.25, 0.3) is 11.6 Å². The predicted octanol–water partition coefficient (Wildman–Crippen LogP) is 3.52. The van der Waals surface area contributed by atoms with Crippen LogP contribution in [0.1, 0.15) is 10.4 Å². The van der Waals surface area contributed by atoms with Crippen molar-refractivity contribution in [1.29, 1.82) is 0 Å². The van der Waals surface area contributed by atoms with Gasteiger partial charge in [0.15, 0.2) is 0 Å². The first-order chi connectivity index (χ1) is 11.0. The fourth-order valence-corrected chi connectivity index (χ4v) is 2.12. The minimum Gasteiger partial charge on any atom is -0.497 e.